The topological polar surface area (TPSA) is 76.6 Å². The van der Waals surface area contributed by atoms with Crippen molar-refractivity contribution < 1.29 is 17.9 Å². The lowest BCUT2D eigenvalue weighted by molar-refractivity contribution is 0.0730. The van der Waals surface area contributed by atoms with Gasteiger partial charge in [0.15, 0.2) is 5.78 Å². The van der Waals surface area contributed by atoms with Gasteiger partial charge in [0.2, 0.25) is 10.0 Å². The average Bonchev–Trinajstić information content (AvgIpc) is 2.68. The highest BCUT2D eigenvalue weighted by Gasteiger charge is 2.26. The molecule has 0 spiro atoms. The van der Waals surface area contributed by atoms with Gasteiger partial charge < -0.3 is 4.74 Å². The van der Waals surface area contributed by atoms with Crippen molar-refractivity contribution in [1.82, 2.24) is 9.29 Å². The third-order valence-corrected chi connectivity index (χ3v) is 5.77. The van der Waals surface area contributed by atoms with E-state index in [1.165, 1.54) is 34.6 Å². The number of ketones is 1. The van der Waals surface area contributed by atoms with Crippen LogP contribution in [0.5, 0.6) is 0 Å². The monoisotopic (exact) mass is 358 g/mol. The van der Waals surface area contributed by atoms with Crippen molar-refractivity contribution in [3.63, 3.8) is 0 Å². The molecule has 1 saturated heterocycles. The van der Waals surface area contributed by atoms with Gasteiger partial charge in [0.05, 0.1) is 18.1 Å². The first-order valence-electron chi connectivity index (χ1n) is 7.88. The second kappa shape index (κ2) is 7.69. The number of aromatic nitrogens is 1. The number of carbonyl (C=O) groups excluding carboxylic acids is 1. The largest absolute Gasteiger partial charge is 0.379 e. The molecule has 3 rings (SSSR count). The van der Waals surface area contributed by atoms with Crippen LogP contribution in [0.3, 0.4) is 0 Å². The normalized spacial score (nSPS) is 16.2. The Hall–Kier alpha value is -2.35. The molecule has 0 unspecified atom stereocenters. The van der Waals surface area contributed by atoms with E-state index < -0.39 is 10.0 Å². The van der Waals surface area contributed by atoms with Crippen LogP contribution in [0.4, 0.5) is 0 Å². The van der Waals surface area contributed by atoms with Crippen LogP contribution in [0.1, 0.15) is 15.9 Å². The standard InChI is InChI=1S/C18H18N2O4S/c21-18(8-3-15-2-1-9-19-14-15)16-4-6-17(7-5-16)25(22,23)20-10-12-24-13-11-20/h1-9,14H,10-13H2/b8-3+. The van der Waals surface area contributed by atoms with Crippen LogP contribution in [0.25, 0.3) is 6.08 Å². The molecule has 0 atom stereocenters. The Morgan fingerprint density at radius 1 is 1.12 bits per heavy atom. The Balaban J connectivity index is 1.73. The molecule has 6 nitrogen and oxygen atoms in total. The minimum Gasteiger partial charge on any atom is -0.379 e. The van der Waals surface area contributed by atoms with Crippen molar-refractivity contribution in [2.45, 2.75) is 4.90 Å². The summed E-state index contributed by atoms with van der Waals surface area (Å²) in [5.41, 5.74) is 1.25. The van der Waals surface area contributed by atoms with Crippen LogP contribution in [-0.4, -0.2) is 49.8 Å². The van der Waals surface area contributed by atoms with Gasteiger partial charge in [0.25, 0.3) is 0 Å². The number of ether oxygens (including phenoxy) is 1. The smallest absolute Gasteiger partial charge is 0.243 e. The molecule has 2 aromatic rings. The summed E-state index contributed by atoms with van der Waals surface area (Å²) >= 11 is 0. The number of pyridine rings is 1. The van der Waals surface area contributed by atoms with E-state index in [9.17, 15) is 13.2 Å². The second-order valence-electron chi connectivity index (χ2n) is 5.52. The fourth-order valence-electron chi connectivity index (χ4n) is 2.47. The molecular formula is C18H18N2O4S. The maximum atomic E-state index is 12.5. The summed E-state index contributed by atoms with van der Waals surface area (Å²) in [7, 11) is -3.54. The first-order chi connectivity index (χ1) is 12.1. The van der Waals surface area contributed by atoms with Crippen molar-refractivity contribution in [3.05, 3.63) is 66.0 Å². The summed E-state index contributed by atoms with van der Waals surface area (Å²) in [4.78, 5) is 16.4. The lowest BCUT2D eigenvalue weighted by atomic mass is 10.1. The highest BCUT2D eigenvalue weighted by atomic mass is 32.2. The molecule has 0 aliphatic carbocycles. The molecule has 130 valence electrons. The predicted octanol–water partition coefficient (Wildman–Crippen LogP) is 2.00. The van der Waals surface area contributed by atoms with Crippen LogP contribution in [-0.2, 0) is 14.8 Å². The Morgan fingerprint density at radius 3 is 2.48 bits per heavy atom. The first kappa shape index (κ1) is 17.5. The van der Waals surface area contributed by atoms with Crippen molar-refractivity contribution in [3.8, 4) is 0 Å². The van der Waals surface area contributed by atoms with E-state index in [1.807, 2.05) is 6.07 Å². The third kappa shape index (κ3) is 4.19. The number of sulfonamides is 1. The molecule has 1 fully saturated rings. The Bertz CT molecular complexity index is 856. The van der Waals surface area contributed by atoms with Crippen molar-refractivity contribution >= 4 is 21.9 Å². The van der Waals surface area contributed by atoms with Gasteiger partial charge in [-0.3, -0.25) is 9.78 Å². The quantitative estimate of drug-likeness (QED) is 0.603. The molecule has 2 heterocycles. The number of nitrogens with zero attached hydrogens (tertiary/aromatic N) is 2. The summed E-state index contributed by atoms with van der Waals surface area (Å²) in [6.45, 7) is 1.48. The molecule has 0 amide bonds. The molecule has 7 heteroatoms. The molecule has 0 bridgehead atoms. The van der Waals surface area contributed by atoms with E-state index in [0.717, 1.165) is 5.56 Å². The SMILES string of the molecule is O=C(/C=C/c1cccnc1)c1ccc(S(=O)(=O)N2CCOCC2)cc1. The molecule has 1 aliphatic heterocycles. The maximum absolute atomic E-state index is 12.5. The fraction of sp³-hybridized carbons (Fsp3) is 0.222. The number of hydrogen-bond donors (Lipinski definition) is 0. The highest BCUT2D eigenvalue weighted by molar-refractivity contribution is 7.89. The first-order valence-corrected chi connectivity index (χ1v) is 9.32. The fourth-order valence-corrected chi connectivity index (χ4v) is 3.88. The molecule has 25 heavy (non-hydrogen) atoms. The third-order valence-electron chi connectivity index (χ3n) is 3.86. The van der Waals surface area contributed by atoms with E-state index in [1.54, 1.807) is 24.5 Å². The van der Waals surface area contributed by atoms with E-state index in [0.29, 0.717) is 31.9 Å². The van der Waals surface area contributed by atoms with Crippen LogP contribution in [0.15, 0.2) is 59.8 Å². The lowest BCUT2D eigenvalue weighted by Crippen LogP contribution is -2.40. The van der Waals surface area contributed by atoms with Crippen molar-refractivity contribution in [2.75, 3.05) is 26.3 Å². The molecule has 1 aromatic carbocycles. The van der Waals surface area contributed by atoms with Crippen LogP contribution >= 0.6 is 0 Å². The number of rotatable bonds is 5. The minimum atomic E-state index is -3.54. The number of allylic oxidation sites excluding steroid dienone is 1. The Morgan fingerprint density at radius 2 is 1.84 bits per heavy atom. The van der Waals surface area contributed by atoms with Crippen molar-refractivity contribution in [2.24, 2.45) is 0 Å². The summed E-state index contributed by atoms with van der Waals surface area (Å²) in [5.74, 6) is -0.195. The van der Waals surface area contributed by atoms with Gasteiger partial charge in [0, 0.05) is 31.0 Å². The van der Waals surface area contributed by atoms with Gasteiger partial charge in [-0.15, -0.1) is 0 Å². The van der Waals surface area contributed by atoms with Gasteiger partial charge in [-0.1, -0.05) is 6.07 Å². The van der Waals surface area contributed by atoms with Gasteiger partial charge in [-0.05, 0) is 48.0 Å². The van der Waals surface area contributed by atoms with E-state index in [-0.39, 0.29) is 10.7 Å². The molecule has 0 radical (unpaired) electrons. The average molecular weight is 358 g/mol. The molecule has 0 saturated carbocycles. The summed E-state index contributed by atoms with van der Waals surface area (Å²) in [6.07, 6.45) is 6.44. The maximum Gasteiger partial charge on any atom is 0.243 e. The summed E-state index contributed by atoms with van der Waals surface area (Å²) in [5, 5.41) is 0. The second-order valence-corrected chi connectivity index (χ2v) is 7.46. The Labute approximate surface area is 146 Å². The molecule has 0 N–H and O–H groups in total. The van der Waals surface area contributed by atoms with Crippen LogP contribution < -0.4 is 0 Å². The van der Waals surface area contributed by atoms with E-state index in [2.05, 4.69) is 4.98 Å². The van der Waals surface area contributed by atoms with E-state index in [4.69, 9.17) is 4.74 Å². The number of benzene rings is 1. The van der Waals surface area contributed by atoms with Gasteiger partial charge in [0.1, 0.15) is 0 Å². The predicted molar refractivity (Wildman–Crippen MR) is 93.6 cm³/mol. The zero-order valence-corrected chi connectivity index (χ0v) is 14.4. The summed E-state index contributed by atoms with van der Waals surface area (Å²) < 4.78 is 31.7. The minimum absolute atomic E-state index is 0.183. The number of morpholine rings is 1. The van der Waals surface area contributed by atoms with Gasteiger partial charge in [-0.25, -0.2) is 8.42 Å². The van der Waals surface area contributed by atoms with Gasteiger partial charge >= 0.3 is 0 Å². The number of hydrogen-bond acceptors (Lipinski definition) is 5. The zero-order chi connectivity index (χ0) is 17.7. The van der Waals surface area contributed by atoms with Crippen LogP contribution in [0.2, 0.25) is 0 Å². The zero-order valence-electron chi connectivity index (χ0n) is 13.5. The van der Waals surface area contributed by atoms with E-state index >= 15 is 0 Å². The van der Waals surface area contributed by atoms with Crippen LogP contribution in [0, 0.1) is 0 Å². The number of carbonyl (C=O) groups is 1. The molecule has 1 aliphatic rings. The Kier molecular flexibility index (Phi) is 5.37. The van der Waals surface area contributed by atoms with Crippen molar-refractivity contribution in [1.29, 1.82) is 0 Å². The molecular weight excluding hydrogens is 340 g/mol. The summed E-state index contributed by atoms with van der Waals surface area (Å²) in [6, 6.07) is 9.63. The lowest BCUT2D eigenvalue weighted by Gasteiger charge is -2.26. The highest BCUT2D eigenvalue weighted by Crippen LogP contribution is 2.18. The van der Waals surface area contributed by atoms with Gasteiger partial charge in [-0.2, -0.15) is 4.31 Å². The molecule has 1 aromatic heterocycles.